The Hall–Kier alpha value is -1.98. The number of imide groups is 1. The second-order valence-corrected chi connectivity index (χ2v) is 3.50. The number of hydrogen-bond acceptors (Lipinski definition) is 4. The number of nitrogens with zero attached hydrogens (tertiary/aromatic N) is 1. The first-order chi connectivity index (χ1) is 9.12. The van der Waals surface area contributed by atoms with Gasteiger partial charge < -0.3 is 11.5 Å². The number of anilines is 1. The van der Waals surface area contributed by atoms with Crippen LogP contribution in [0.4, 0.5) is 5.69 Å². The van der Waals surface area contributed by atoms with E-state index >= 15 is 0 Å². The molecular weight excluding hydrogens is 242 g/mol. The van der Waals surface area contributed by atoms with Gasteiger partial charge in [-0.3, -0.25) is 9.59 Å². The van der Waals surface area contributed by atoms with Crippen molar-refractivity contribution in [1.29, 1.82) is 0 Å². The monoisotopic (exact) mass is 263 g/mol. The van der Waals surface area contributed by atoms with Crippen LogP contribution in [-0.4, -0.2) is 24.9 Å². The Bertz CT molecular complexity index is 396. The van der Waals surface area contributed by atoms with Crippen LogP contribution in [0.15, 0.2) is 42.5 Å². The van der Waals surface area contributed by atoms with E-state index in [4.69, 9.17) is 11.5 Å². The summed E-state index contributed by atoms with van der Waals surface area (Å²) in [6.07, 6.45) is 2.55. The summed E-state index contributed by atoms with van der Waals surface area (Å²) in [7, 11) is 0. The number of carbonyl (C=O) groups excluding carboxylic acids is 2. The maximum atomic E-state index is 11.2. The lowest BCUT2D eigenvalue weighted by atomic mass is 10.3. The summed E-state index contributed by atoms with van der Waals surface area (Å²) < 4.78 is 0. The van der Waals surface area contributed by atoms with Crippen LogP contribution in [-0.2, 0) is 9.59 Å². The molecule has 0 aliphatic carbocycles. The molecule has 19 heavy (non-hydrogen) atoms. The molecular formula is C14H21N3O2. The van der Waals surface area contributed by atoms with E-state index in [2.05, 4.69) is 0 Å². The number of carbonyl (C=O) groups is 2. The Labute approximate surface area is 113 Å². The fourth-order valence-corrected chi connectivity index (χ4v) is 1.23. The topological polar surface area (TPSA) is 89.4 Å². The Morgan fingerprint density at radius 3 is 1.63 bits per heavy atom. The van der Waals surface area contributed by atoms with Gasteiger partial charge in [0.25, 0.3) is 11.8 Å². The van der Waals surface area contributed by atoms with E-state index in [0.717, 1.165) is 18.0 Å². The number of benzene rings is 1. The maximum absolute atomic E-state index is 11.2. The quantitative estimate of drug-likeness (QED) is 0.741. The summed E-state index contributed by atoms with van der Waals surface area (Å²) in [5.41, 5.74) is 10.3. The van der Waals surface area contributed by atoms with Crippen LogP contribution in [0.1, 0.15) is 13.8 Å². The summed E-state index contributed by atoms with van der Waals surface area (Å²) in [6.45, 7) is 5.31. The van der Waals surface area contributed by atoms with Crippen LogP contribution in [0.2, 0.25) is 0 Å². The minimum absolute atomic E-state index is 0.281. The zero-order valence-corrected chi connectivity index (χ0v) is 11.4. The summed E-state index contributed by atoms with van der Waals surface area (Å²) in [5.74, 6) is -0.563. The molecule has 0 spiro atoms. The van der Waals surface area contributed by atoms with E-state index in [9.17, 15) is 9.59 Å². The molecule has 0 saturated heterocycles. The van der Waals surface area contributed by atoms with Crippen LogP contribution >= 0.6 is 0 Å². The van der Waals surface area contributed by atoms with Gasteiger partial charge in [0.15, 0.2) is 0 Å². The van der Waals surface area contributed by atoms with Crippen molar-refractivity contribution >= 4 is 17.5 Å². The van der Waals surface area contributed by atoms with Crippen molar-refractivity contribution in [3.8, 4) is 0 Å². The van der Waals surface area contributed by atoms with Gasteiger partial charge in [-0.2, -0.15) is 0 Å². The molecule has 0 saturated carbocycles. The molecule has 0 aromatic heterocycles. The highest BCUT2D eigenvalue weighted by atomic mass is 16.2. The molecule has 1 heterocycles. The van der Waals surface area contributed by atoms with Crippen molar-refractivity contribution in [2.45, 2.75) is 13.8 Å². The van der Waals surface area contributed by atoms with Crippen molar-refractivity contribution in [1.82, 2.24) is 0 Å². The molecule has 0 radical (unpaired) electrons. The van der Waals surface area contributed by atoms with Gasteiger partial charge >= 0.3 is 0 Å². The average molecular weight is 263 g/mol. The zero-order chi connectivity index (χ0) is 14.7. The van der Waals surface area contributed by atoms with Crippen molar-refractivity contribution in [3.05, 3.63) is 42.5 Å². The zero-order valence-electron chi connectivity index (χ0n) is 11.4. The summed E-state index contributed by atoms with van der Waals surface area (Å²) in [6, 6.07) is 8.86. The van der Waals surface area contributed by atoms with Crippen LogP contribution in [0, 0.1) is 0 Å². The summed E-state index contributed by atoms with van der Waals surface area (Å²) >= 11 is 0. The SMILES string of the molecule is CCN.CCN.O=C1C=CC(=O)N1c1ccccc1. The molecule has 0 bridgehead atoms. The van der Waals surface area contributed by atoms with Gasteiger partial charge in [0.05, 0.1) is 5.69 Å². The van der Waals surface area contributed by atoms with E-state index in [1.165, 1.54) is 12.2 Å². The van der Waals surface area contributed by atoms with E-state index < -0.39 is 0 Å². The van der Waals surface area contributed by atoms with Gasteiger partial charge in [0, 0.05) is 12.2 Å². The highest BCUT2D eigenvalue weighted by Gasteiger charge is 2.24. The number of hydrogen-bond donors (Lipinski definition) is 2. The van der Waals surface area contributed by atoms with Crippen LogP contribution in [0.25, 0.3) is 0 Å². The number of rotatable bonds is 1. The summed E-state index contributed by atoms with van der Waals surface area (Å²) in [4.78, 5) is 23.5. The molecule has 1 aliphatic rings. The Morgan fingerprint density at radius 2 is 1.26 bits per heavy atom. The lowest BCUT2D eigenvalue weighted by Crippen LogP contribution is -2.29. The van der Waals surface area contributed by atoms with Crippen LogP contribution in [0.3, 0.4) is 0 Å². The normalized spacial score (nSPS) is 12.5. The number of nitrogens with two attached hydrogens (primary N) is 2. The lowest BCUT2D eigenvalue weighted by molar-refractivity contribution is -0.119. The van der Waals surface area contributed by atoms with Crippen molar-refractivity contribution in [2.75, 3.05) is 18.0 Å². The minimum Gasteiger partial charge on any atom is -0.331 e. The van der Waals surface area contributed by atoms with Gasteiger partial charge in [-0.1, -0.05) is 32.0 Å². The number of amides is 2. The molecule has 5 heteroatoms. The van der Waals surface area contributed by atoms with E-state index in [0.29, 0.717) is 5.69 Å². The predicted octanol–water partition coefficient (Wildman–Crippen LogP) is 1.05. The smallest absolute Gasteiger partial charge is 0.258 e. The summed E-state index contributed by atoms with van der Waals surface area (Å²) in [5, 5.41) is 0. The Morgan fingerprint density at radius 1 is 0.895 bits per heavy atom. The average Bonchev–Trinajstić information content (AvgIpc) is 2.72. The standard InChI is InChI=1S/C10H7NO2.2C2H7N/c12-9-6-7-10(13)11(9)8-4-2-1-3-5-8;2*1-2-3/h1-7H;2*2-3H2,1H3. The lowest BCUT2D eigenvalue weighted by Gasteiger charge is -2.12. The highest BCUT2D eigenvalue weighted by molar-refractivity contribution is 6.28. The number of para-hydroxylation sites is 1. The third-order valence-corrected chi connectivity index (χ3v) is 1.82. The Kier molecular flexibility index (Phi) is 8.95. The van der Waals surface area contributed by atoms with E-state index in [1.807, 2.05) is 19.9 Å². The van der Waals surface area contributed by atoms with Crippen molar-refractivity contribution in [2.24, 2.45) is 11.5 Å². The Balaban J connectivity index is 0.000000465. The third kappa shape index (κ3) is 5.94. The molecule has 1 aliphatic heterocycles. The molecule has 0 unspecified atom stereocenters. The first kappa shape index (κ1) is 17.0. The molecule has 5 nitrogen and oxygen atoms in total. The molecule has 1 aromatic carbocycles. The second kappa shape index (κ2) is 9.99. The fraction of sp³-hybridized carbons (Fsp3) is 0.286. The van der Waals surface area contributed by atoms with Crippen molar-refractivity contribution in [3.63, 3.8) is 0 Å². The van der Waals surface area contributed by atoms with Crippen LogP contribution in [0.5, 0.6) is 0 Å². The second-order valence-electron chi connectivity index (χ2n) is 3.50. The molecule has 104 valence electrons. The fourth-order valence-electron chi connectivity index (χ4n) is 1.23. The molecule has 0 fully saturated rings. The van der Waals surface area contributed by atoms with Gasteiger partial charge in [-0.25, -0.2) is 4.90 Å². The van der Waals surface area contributed by atoms with Crippen LogP contribution < -0.4 is 16.4 Å². The molecule has 0 atom stereocenters. The molecule has 2 amide bonds. The first-order valence-corrected chi connectivity index (χ1v) is 6.13. The van der Waals surface area contributed by atoms with Gasteiger partial charge in [0.2, 0.25) is 0 Å². The maximum Gasteiger partial charge on any atom is 0.258 e. The van der Waals surface area contributed by atoms with Gasteiger partial charge in [-0.15, -0.1) is 0 Å². The minimum atomic E-state index is -0.281. The third-order valence-electron chi connectivity index (χ3n) is 1.82. The van der Waals surface area contributed by atoms with E-state index in [1.54, 1.807) is 24.3 Å². The van der Waals surface area contributed by atoms with E-state index in [-0.39, 0.29) is 11.8 Å². The van der Waals surface area contributed by atoms with Gasteiger partial charge in [0.1, 0.15) is 0 Å². The molecule has 4 N–H and O–H groups in total. The predicted molar refractivity (Wildman–Crippen MR) is 77.5 cm³/mol. The highest BCUT2D eigenvalue weighted by Crippen LogP contribution is 2.17. The largest absolute Gasteiger partial charge is 0.331 e. The molecule has 1 aromatic rings. The molecule has 2 rings (SSSR count). The van der Waals surface area contributed by atoms with Gasteiger partial charge in [-0.05, 0) is 25.2 Å². The van der Waals surface area contributed by atoms with Crippen molar-refractivity contribution < 1.29 is 9.59 Å². The first-order valence-electron chi connectivity index (χ1n) is 6.13.